The number of amides is 2. The highest BCUT2D eigenvalue weighted by molar-refractivity contribution is 6.30. The summed E-state index contributed by atoms with van der Waals surface area (Å²) in [6, 6.07) is 3.40. The second kappa shape index (κ2) is 6.73. The van der Waals surface area contributed by atoms with Crippen LogP contribution in [0, 0.1) is 5.82 Å². The number of carbonyl (C=O) groups excluding carboxylic acids is 1. The van der Waals surface area contributed by atoms with Crippen LogP contribution >= 0.6 is 11.6 Å². The van der Waals surface area contributed by atoms with E-state index < -0.39 is 17.4 Å². The number of benzene rings is 1. The van der Waals surface area contributed by atoms with E-state index in [0.717, 1.165) is 0 Å². The van der Waals surface area contributed by atoms with E-state index in [-0.39, 0.29) is 12.3 Å². The van der Waals surface area contributed by atoms with Crippen LogP contribution < -0.4 is 10.6 Å². The van der Waals surface area contributed by atoms with E-state index in [1.165, 1.54) is 18.2 Å². The summed E-state index contributed by atoms with van der Waals surface area (Å²) in [5.74, 6) is -0.556. The molecular formula is C13H18ClFN2O2. The van der Waals surface area contributed by atoms with Gasteiger partial charge in [0.15, 0.2) is 0 Å². The second-order valence-electron chi connectivity index (χ2n) is 4.59. The van der Waals surface area contributed by atoms with Gasteiger partial charge in [0.25, 0.3) is 0 Å². The minimum atomic E-state index is -0.556. The van der Waals surface area contributed by atoms with Crippen molar-refractivity contribution in [3.63, 3.8) is 0 Å². The lowest BCUT2D eigenvalue weighted by Crippen LogP contribution is -2.48. The molecule has 0 aliphatic rings. The first-order valence-corrected chi connectivity index (χ1v) is 6.43. The average Bonchev–Trinajstić information content (AvgIpc) is 2.34. The van der Waals surface area contributed by atoms with Crippen molar-refractivity contribution in [3.8, 4) is 0 Å². The van der Waals surface area contributed by atoms with Gasteiger partial charge in [-0.1, -0.05) is 18.5 Å². The van der Waals surface area contributed by atoms with Gasteiger partial charge in [-0.25, -0.2) is 9.18 Å². The summed E-state index contributed by atoms with van der Waals surface area (Å²) < 4.78 is 13.5. The van der Waals surface area contributed by atoms with Crippen LogP contribution in [0.15, 0.2) is 18.2 Å². The number of nitrogens with one attached hydrogen (secondary N) is 2. The number of anilines is 1. The smallest absolute Gasteiger partial charge is 0.319 e. The Kier molecular flexibility index (Phi) is 5.57. The molecule has 19 heavy (non-hydrogen) atoms. The second-order valence-corrected chi connectivity index (χ2v) is 5.03. The molecule has 2 amide bonds. The third-order valence-electron chi connectivity index (χ3n) is 3.04. The van der Waals surface area contributed by atoms with Crippen molar-refractivity contribution in [2.24, 2.45) is 0 Å². The third-order valence-corrected chi connectivity index (χ3v) is 3.27. The fourth-order valence-corrected chi connectivity index (χ4v) is 1.77. The standard InChI is InChI=1S/C13H18ClFN2O2/c1-3-13(2,6-7-18)17-12(19)16-11-8-9(14)4-5-10(11)15/h4-5,8,18H,3,6-7H2,1-2H3,(H2,16,17,19). The van der Waals surface area contributed by atoms with Crippen LogP contribution in [-0.4, -0.2) is 23.3 Å². The van der Waals surface area contributed by atoms with Crippen LogP contribution in [0.3, 0.4) is 0 Å². The van der Waals surface area contributed by atoms with Crippen molar-refractivity contribution in [1.29, 1.82) is 0 Å². The third kappa shape index (κ3) is 4.69. The Bertz CT molecular complexity index is 456. The van der Waals surface area contributed by atoms with E-state index in [2.05, 4.69) is 10.6 Å². The van der Waals surface area contributed by atoms with E-state index in [1.54, 1.807) is 0 Å². The summed E-state index contributed by atoms with van der Waals surface area (Å²) in [6.07, 6.45) is 1.08. The lowest BCUT2D eigenvalue weighted by atomic mass is 9.95. The molecule has 1 aromatic carbocycles. The molecule has 1 aromatic rings. The van der Waals surface area contributed by atoms with Gasteiger partial charge in [0.05, 0.1) is 5.69 Å². The normalized spacial score (nSPS) is 13.7. The highest BCUT2D eigenvalue weighted by atomic mass is 35.5. The molecule has 0 aromatic heterocycles. The lowest BCUT2D eigenvalue weighted by Gasteiger charge is -2.29. The number of aliphatic hydroxyl groups excluding tert-OH is 1. The predicted molar refractivity (Wildman–Crippen MR) is 74.0 cm³/mol. The summed E-state index contributed by atoms with van der Waals surface area (Å²) in [4.78, 5) is 11.8. The fourth-order valence-electron chi connectivity index (χ4n) is 1.60. The SMILES string of the molecule is CCC(C)(CCO)NC(=O)Nc1cc(Cl)ccc1F. The molecular weight excluding hydrogens is 271 g/mol. The van der Waals surface area contributed by atoms with Crippen molar-refractivity contribution in [2.75, 3.05) is 11.9 Å². The first-order valence-electron chi connectivity index (χ1n) is 6.05. The van der Waals surface area contributed by atoms with Gasteiger partial charge in [-0.05, 0) is 38.0 Å². The number of rotatable bonds is 5. The van der Waals surface area contributed by atoms with Crippen LogP contribution in [0.2, 0.25) is 5.02 Å². The van der Waals surface area contributed by atoms with Crippen molar-refractivity contribution in [2.45, 2.75) is 32.2 Å². The van der Waals surface area contributed by atoms with Crippen LogP contribution in [0.25, 0.3) is 0 Å². The van der Waals surface area contributed by atoms with Gasteiger partial charge in [-0.15, -0.1) is 0 Å². The zero-order valence-electron chi connectivity index (χ0n) is 11.0. The van der Waals surface area contributed by atoms with Crippen LogP contribution in [-0.2, 0) is 0 Å². The number of carbonyl (C=O) groups is 1. The van der Waals surface area contributed by atoms with Gasteiger partial charge in [-0.2, -0.15) is 0 Å². The van der Waals surface area contributed by atoms with E-state index in [9.17, 15) is 9.18 Å². The average molecular weight is 289 g/mol. The largest absolute Gasteiger partial charge is 0.396 e. The zero-order valence-corrected chi connectivity index (χ0v) is 11.7. The number of aliphatic hydroxyl groups is 1. The summed E-state index contributed by atoms with van der Waals surface area (Å²) >= 11 is 5.74. The van der Waals surface area contributed by atoms with Gasteiger partial charge < -0.3 is 15.7 Å². The monoisotopic (exact) mass is 288 g/mol. The topological polar surface area (TPSA) is 61.4 Å². The van der Waals surface area contributed by atoms with E-state index in [4.69, 9.17) is 16.7 Å². The Hall–Kier alpha value is -1.33. The van der Waals surface area contributed by atoms with Gasteiger partial charge in [-0.3, -0.25) is 0 Å². The van der Waals surface area contributed by atoms with E-state index >= 15 is 0 Å². The minimum Gasteiger partial charge on any atom is -0.396 e. The molecule has 0 heterocycles. The Balaban J connectivity index is 2.72. The summed E-state index contributed by atoms with van der Waals surface area (Å²) in [5.41, 5.74) is -0.513. The molecule has 0 spiro atoms. The molecule has 1 unspecified atom stereocenters. The zero-order chi connectivity index (χ0) is 14.5. The molecule has 106 valence electrons. The van der Waals surface area contributed by atoms with Crippen molar-refractivity contribution < 1.29 is 14.3 Å². The van der Waals surface area contributed by atoms with E-state index in [0.29, 0.717) is 17.9 Å². The molecule has 0 saturated heterocycles. The fraction of sp³-hybridized carbons (Fsp3) is 0.462. The Morgan fingerprint density at radius 1 is 1.53 bits per heavy atom. The first-order chi connectivity index (χ1) is 8.90. The van der Waals surface area contributed by atoms with Gasteiger partial charge in [0, 0.05) is 17.2 Å². The Morgan fingerprint density at radius 3 is 2.79 bits per heavy atom. The number of hydrogen-bond donors (Lipinski definition) is 3. The molecule has 0 aliphatic carbocycles. The highest BCUT2D eigenvalue weighted by Crippen LogP contribution is 2.20. The summed E-state index contributed by atoms with van der Waals surface area (Å²) in [7, 11) is 0. The van der Waals surface area contributed by atoms with Crippen LogP contribution in [0.1, 0.15) is 26.7 Å². The molecule has 1 rings (SSSR count). The van der Waals surface area contributed by atoms with Crippen LogP contribution in [0.5, 0.6) is 0 Å². The maximum atomic E-state index is 13.5. The minimum absolute atomic E-state index is 0.0208. The molecule has 3 N–H and O–H groups in total. The number of urea groups is 1. The highest BCUT2D eigenvalue weighted by Gasteiger charge is 2.23. The molecule has 1 atom stereocenters. The molecule has 0 radical (unpaired) electrons. The van der Waals surface area contributed by atoms with Crippen molar-refractivity contribution >= 4 is 23.3 Å². The van der Waals surface area contributed by atoms with Crippen molar-refractivity contribution in [1.82, 2.24) is 5.32 Å². The molecule has 0 saturated carbocycles. The molecule has 4 nitrogen and oxygen atoms in total. The summed E-state index contributed by atoms with van der Waals surface area (Å²) in [5, 5.41) is 14.4. The Labute approximate surface area is 117 Å². The van der Waals surface area contributed by atoms with E-state index in [1.807, 2.05) is 13.8 Å². The number of halogens is 2. The maximum absolute atomic E-state index is 13.5. The Morgan fingerprint density at radius 2 is 2.21 bits per heavy atom. The van der Waals surface area contributed by atoms with Crippen molar-refractivity contribution in [3.05, 3.63) is 29.0 Å². The quantitative estimate of drug-likeness (QED) is 0.779. The molecule has 6 heteroatoms. The molecule has 0 bridgehead atoms. The summed E-state index contributed by atoms with van der Waals surface area (Å²) in [6.45, 7) is 3.68. The number of hydrogen-bond acceptors (Lipinski definition) is 2. The molecule has 0 aliphatic heterocycles. The lowest BCUT2D eigenvalue weighted by molar-refractivity contribution is 0.208. The van der Waals surface area contributed by atoms with Crippen LogP contribution in [0.4, 0.5) is 14.9 Å². The first kappa shape index (κ1) is 15.7. The van der Waals surface area contributed by atoms with Gasteiger partial charge in [0.2, 0.25) is 0 Å². The predicted octanol–water partition coefficient (Wildman–Crippen LogP) is 3.15. The van der Waals surface area contributed by atoms with Gasteiger partial charge in [0.1, 0.15) is 5.82 Å². The maximum Gasteiger partial charge on any atom is 0.319 e. The molecule has 0 fully saturated rings. The van der Waals surface area contributed by atoms with Gasteiger partial charge >= 0.3 is 6.03 Å².